The van der Waals surface area contributed by atoms with E-state index in [1.165, 1.54) is 20.3 Å². The third-order valence-electron chi connectivity index (χ3n) is 6.01. The van der Waals surface area contributed by atoms with Crippen LogP contribution in [0.2, 0.25) is 0 Å². The first kappa shape index (κ1) is 26.0. The molecular formula is C27H33N3O5. The standard InChI is InChI=1S/C27H33N3O5/c1-34-23-16-22(19-31)17-24(35-2)26(23)27(33)30-14-10-20(11-15-30)6-3-4-13-29-25(32)9-8-21-7-5-12-28-18-21/h3-5,7-9,12,16-18,20,31H,6,10-11,13-15,19H2,1-2H3,(H,29,32)/b4-3+,9-8+. The molecule has 8 heteroatoms. The number of nitrogens with zero attached hydrogens (tertiary/aromatic N) is 2. The maximum Gasteiger partial charge on any atom is 0.261 e. The molecule has 0 aliphatic carbocycles. The molecule has 0 saturated carbocycles. The van der Waals surface area contributed by atoms with Gasteiger partial charge in [-0.2, -0.15) is 0 Å². The van der Waals surface area contributed by atoms with Crippen LogP contribution in [0.4, 0.5) is 0 Å². The Morgan fingerprint density at radius 3 is 2.49 bits per heavy atom. The number of amides is 2. The molecule has 1 fully saturated rings. The van der Waals surface area contributed by atoms with E-state index in [-0.39, 0.29) is 18.4 Å². The summed E-state index contributed by atoms with van der Waals surface area (Å²) in [6.07, 6.45) is 13.4. The van der Waals surface area contributed by atoms with Crippen LogP contribution in [0.1, 0.15) is 40.7 Å². The fourth-order valence-corrected chi connectivity index (χ4v) is 4.04. The summed E-state index contributed by atoms with van der Waals surface area (Å²) in [6, 6.07) is 7.04. The van der Waals surface area contributed by atoms with E-state index in [9.17, 15) is 14.7 Å². The van der Waals surface area contributed by atoms with Gasteiger partial charge in [-0.15, -0.1) is 0 Å². The lowest BCUT2D eigenvalue weighted by atomic mass is 9.93. The molecule has 2 amide bonds. The third-order valence-corrected chi connectivity index (χ3v) is 6.01. The summed E-state index contributed by atoms with van der Waals surface area (Å²) in [5.74, 6) is 1.01. The van der Waals surface area contributed by atoms with Crippen molar-refractivity contribution in [2.24, 2.45) is 5.92 Å². The Labute approximate surface area is 206 Å². The number of hydrogen-bond acceptors (Lipinski definition) is 6. The topological polar surface area (TPSA) is 101 Å². The van der Waals surface area contributed by atoms with Crippen LogP contribution in [0, 0.1) is 5.92 Å². The zero-order valence-electron chi connectivity index (χ0n) is 20.3. The van der Waals surface area contributed by atoms with Crippen molar-refractivity contribution in [2.45, 2.75) is 25.9 Å². The molecule has 0 radical (unpaired) electrons. The summed E-state index contributed by atoms with van der Waals surface area (Å²) >= 11 is 0. The second kappa shape index (κ2) is 13.3. The van der Waals surface area contributed by atoms with Gasteiger partial charge < -0.3 is 24.8 Å². The van der Waals surface area contributed by atoms with Crippen LogP contribution in [-0.2, 0) is 11.4 Å². The minimum atomic E-state index is -0.161. The van der Waals surface area contributed by atoms with Crippen molar-refractivity contribution < 1.29 is 24.2 Å². The zero-order valence-corrected chi connectivity index (χ0v) is 20.3. The van der Waals surface area contributed by atoms with Gasteiger partial charge in [-0.1, -0.05) is 18.2 Å². The second-order valence-corrected chi connectivity index (χ2v) is 8.34. The van der Waals surface area contributed by atoms with Gasteiger partial charge in [0, 0.05) is 38.1 Å². The molecule has 1 saturated heterocycles. The van der Waals surface area contributed by atoms with E-state index in [1.807, 2.05) is 23.1 Å². The third kappa shape index (κ3) is 7.42. The van der Waals surface area contributed by atoms with Crippen LogP contribution in [-0.4, -0.2) is 60.7 Å². The summed E-state index contributed by atoms with van der Waals surface area (Å²) in [5, 5.41) is 12.3. The molecule has 8 nitrogen and oxygen atoms in total. The van der Waals surface area contributed by atoms with E-state index in [1.54, 1.807) is 30.6 Å². The number of rotatable bonds is 10. The molecule has 35 heavy (non-hydrogen) atoms. The van der Waals surface area contributed by atoms with Crippen LogP contribution in [0.15, 0.2) is 54.9 Å². The van der Waals surface area contributed by atoms with Crippen molar-refractivity contribution in [3.8, 4) is 11.5 Å². The molecule has 1 aliphatic rings. The van der Waals surface area contributed by atoms with Gasteiger partial charge in [0.2, 0.25) is 5.91 Å². The maximum atomic E-state index is 13.2. The quantitative estimate of drug-likeness (QED) is 0.401. The van der Waals surface area contributed by atoms with Crippen molar-refractivity contribution in [3.63, 3.8) is 0 Å². The highest BCUT2D eigenvalue weighted by atomic mass is 16.5. The monoisotopic (exact) mass is 479 g/mol. The molecule has 2 aromatic rings. The number of nitrogens with one attached hydrogen (secondary N) is 1. The number of aromatic nitrogens is 1. The average Bonchev–Trinajstić information content (AvgIpc) is 2.91. The lowest BCUT2D eigenvalue weighted by Crippen LogP contribution is -2.38. The van der Waals surface area contributed by atoms with E-state index >= 15 is 0 Å². The van der Waals surface area contributed by atoms with Crippen molar-refractivity contribution in [1.29, 1.82) is 0 Å². The number of carbonyl (C=O) groups is 2. The summed E-state index contributed by atoms with van der Waals surface area (Å²) in [6.45, 7) is 1.62. The van der Waals surface area contributed by atoms with E-state index in [2.05, 4.69) is 16.4 Å². The first-order valence-corrected chi connectivity index (χ1v) is 11.7. The molecule has 0 bridgehead atoms. The molecule has 0 spiro atoms. The van der Waals surface area contributed by atoms with Gasteiger partial charge in [0.25, 0.3) is 5.91 Å². The molecule has 0 unspecified atom stereocenters. The van der Waals surface area contributed by atoms with Gasteiger partial charge in [0.15, 0.2) is 0 Å². The summed E-state index contributed by atoms with van der Waals surface area (Å²) < 4.78 is 10.8. The largest absolute Gasteiger partial charge is 0.496 e. The highest BCUT2D eigenvalue weighted by Crippen LogP contribution is 2.33. The average molecular weight is 480 g/mol. The molecule has 1 aromatic carbocycles. The molecule has 1 aliphatic heterocycles. The van der Waals surface area contributed by atoms with Crippen LogP contribution in [0.25, 0.3) is 6.08 Å². The number of likely N-dealkylation sites (tertiary alicyclic amines) is 1. The molecule has 2 heterocycles. The molecule has 2 N–H and O–H groups in total. The van der Waals surface area contributed by atoms with E-state index in [0.717, 1.165) is 24.8 Å². The first-order chi connectivity index (χ1) is 17.0. The maximum absolute atomic E-state index is 13.2. The van der Waals surface area contributed by atoms with Crippen LogP contribution in [0.3, 0.4) is 0 Å². The van der Waals surface area contributed by atoms with E-state index < -0.39 is 0 Å². The number of carbonyl (C=O) groups excluding carboxylic acids is 2. The highest BCUT2D eigenvalue weighted by molar-refractivity contribution is 6.00. The Balaban J connectivity index is 1.44. The minimum Gasteiger partial charge on any atom is -0.496 e. The van der Waals surface area contributed by atoms with E-state index in [4.69, 9.17) is 9.47 Å². The molecule has 3 rings (SSSR count). The van der Waals surface area contributed by atoms with Gasteiger partial charge in [-0.3, -0.25) is 14.6 Å². The summed E-state index contributed by atoms with van der Waals surface area (Å²) in [7, 11) is 3.01. The summed E-state index contributed by atoms with van der Waals surface area (Å²) in [4.78, 5) is 31.0. The SMILES string of the molecule is COc1cc(CO)cc(OC)c1C(=O)N1CCC(C/C=C/CNC(=O)/C=C/c2cccnc2)CC1. The Morgan fingerprint density at radius 2 is 1.89 bits per heavy atom. The van der Waals surface area contributed by atoms with Gasteiger partial charge in [0.1, 0.15) is 17.1 Å². The smallest absolute Gasteiger partial charge is 0.261 e. The van der Waals surface area contributed by atoms with Gasteiger partial charge >= 0.3 is 0 Å². The molecule has 0 atom stereocenters. The number of benzene rings is 1. The number of methoxy groups -OCH3 is 2. The number of pyridine rings is 1. The molecule has 1 aromatic heterocycles. The number of ether oxygens (including phenoxy) is 2. The summed E-state index contributed by atoms with van der Waals surface area (Å²) in [5.41, 5.74) is 1.89. The van der Waals surface area contributed by atoms with Gasteiger partial charge in [0.05, 0.1) is 20.8 Å². The van der Waals surface area contributed by atoms with Crippen LogP contribution >= 0.6 is 0 Å². The number of allylic oxidation sites excluding steroid dienone is 1. The van der Waals surface area contributed by atoms with Crippen molar-refractivity contribution in [2.75, 3.05) is 33.9 Å². The minimum absolute atomic E-state index is 0.126. The lowest BCUT2D eigenvalue weighted by molar-refractivity contribution is -0.116. The Kier molecular flexibility index (Phi) is 9.86. The van der Waals surface area contributed by atoms with Crippen molar-refractivity contribution >= 4 is 17.9 Å². The predicted octanol–water partition coefficient (Wildman–Crippen LogP) is 3.22. The number of hydrogen-bond donors (Lipinski definition) is 2. The predicted molar refractivity (Wildman–Crippen MR) is 134 cm³/mol. The number of aliphatic hydroxyl groups is 1. The van der Waals surface area contributed by atoms with Crippen molar-refractivity contribution in [1.82, 2.24) is 15.2 Å². The molecular weight excluding hydrogens is 446 g/mol. The first-order valence-electron chi connectivity index (χ1n) is 11.7. The fourth-order valence-electron chi connectivity index (χ4n) is 4.04. The Morgan fingerprint density at radius 1 is 1.17 bits per heavy atom. The highest BCUT2D eigenvalue weighted by Gasteiger charge is 2.28. The Bertz CT molecular complexity index is 1020. The van der Waals surface area contributed by atoms with Crippen LogP contribution in [0.5, 0.6) is 11.5 Å². The number of aliphatic hydroxyl groups excluding tert-OH is 1. The fraction of sp³-hybridized carbons (Fsp3) is 0.370. The molecule has 186 valence electrons. The van der Waals surface area contributed by atoms with E-state index in [0.29, 0.717) is 48.2 Å². The zero-order chi connectivity index (χ0) is 25.0. The van der Waals surface area contributed by atoms with Crippen molar-refractivity contribution in [3.05, 3.63) is 71.6 Å². The second-order valence-electron chi connectivity index (χ2n) is 8.34. The Hall–Kier alpha value is -3.65. The normalized spacial score (nSPS) is 14.4. The van der Waals surface area contributed by atoms with Crippen LogP contribution < -0.4 is 14.8 Å². The lowest BCUT2D eigenvalue weighted by Gasteiger charge is -2.32. The van der Waals surface area contributed by atoms with Gasteiger partial charge in [-0.05, 0) is 60.6 Å². The number of piperidine rings is 1. The van der Waals surface area contributed by atoms with Gasteiger partial charge in [-0.25, -0.2) is 0 Å².